The number of rotatable bonds is 4. The van der Waals surface area contributed by atoms with Crippen molar-refractivity contribution in [2.75, 3.05) is 31.7 Å². The first kappa shape index (κ1) is 17.9. The summed E-state index contributed by atoms with van der Waals surface area (Å²) < 4.78 is 14.0. The van der Waals surface area contributed by atoms with E-state index >= 15 is 0 Å². The van der Waals surface area contributed by atoms with Crippen LogP contribution in [0.3, 0.4) is 0 Å². The molecule has 0 bridgehead atoms. The van der Waals surface area contributed by atoms with Crippen molar-refractivity contribution in [3.8, 4) is 0 Å². The number of nitrogens with one attached hydrogen (secondary N) is 1. The molecule has 0 radical (unpaired) electrons. The Hall–Kier alpha value is -1.88. The van der Waals surface area contributed by atoms with E-state index in [1.54, 1.807) is 13.0 Å². The van der Waals surface area contributed by atoms with Crippen LogP contribution in [-0.2, 0) is 0 Å². The van der Waals surface area contributed by atoms with Gasteiger partial charge < -0.3 is 15.1 Å². The molecule has 5 heteroatoms. The van der Waals surface area contributed by atoms with E-state index in [9.17, 15) is 4.39 Å². The van der Waals surface area contributed by atoms with Crippen LogP contribution in [0.4, 0.5) is 10.1 Å². The van der Waals surface area contributed by atoms with Crippen LogP contribution in [0.15, 0.2) is 35.0 Å². The van der Waals surface area contributed by atoms with Crippen LogP contribution in [0, 0.1) is 12.7 Å². The highest BCUT2D eigenvalue weighted by Gasteiger charge is 2.24. The van der Waals surface area contributed by atoms with Gasteiger partial charge in [0, 0.05) is 30.5 Å². The molecule has 0 aromatic heterocycles. The first-order valence-electron chi connectivity index (χ1n) is 9.33. The van der Waals surface area contributed by atoms with Crippen LogP contribution < -0.4 is 10.2 Å². The summed E-state index contributed by atoms with van der Waals surface area (Å²) in [4.78, 5) is 9.32. The predicted octanol–water partition coefficient (Wildman–Crippen LogP) is 3.68. The SMILES string of the molecule is CCCC1=CC(N2CCC[C@@H](NC)C2)=NCN1c1ccc(C)c(F)c1. The summed E-state index contributed by atoms with van der Waals surface area (Å²) in [5.41, 5.74) is 2.79. The Bertz CT molecular complexity index is 668. The molecule has 3 rings (SSSR count). The zero-order valence-electron chi connectivity index (χ0n) is 15.6. The van der Waals surface area contributed by atoms with Crippen LogP contribution in [0.5, 0.6) is 0 Å². The van der Waals surface area contributed by atoms with Gasteiger partial charge in [-0.05, 0) is 57.0 Å². The highest BCUT2D eigenvalue weighted by Crippen LogP contribution is 2.27. The van der Waals surface area contributed by atoms with Gasteiger partial charge in [-0.1, -0.05) is 19.4 Å². The summed E-state index contributed by atoms with van der Waals surface area (Å²) in [5, 5.41) is 3.39. The number of likely N-dealkylation sites (tertiary alicyclic amines) is 1. The number of aryl methyl sites for hydroxylation is 1. The molecule has 4 nitrogen and oxygen atoms in total. The zero-order chi connectivity index (χ0) is 17.8. The number of nitrogens with zero attached hydrogens (tertiary/aromatic N) is 3. The molecule has 1 atom stereocenters. The minimum Gasteiger partial charge on any atom is -0.355 e. The number of likely N-dealkylation sites (N-methyl/N-ethyl adjacent to an activating group) is 1. The number of anilines is 1. The van der Waals surface area contributed by atoms with Crippen LogP contribution in [-0.4, -0.2) is 43.6 Å². The number of hydrogen-bond acceptors (Lipinski definition) is 4. The van der Waals surface area contributed by atoms with Gasteiger partial charge in [0.1, 0.15) is 18.3 Å². The van der Waals surface area contributed by atoms with Gasteiger partial charge in [-0.2, -0.15) is 0 Å². The maximum absolute atomic E-state index is 14.0. The van der Waals surface area contributed by atoms with Gasteiger partial charge >= 0.3 is 0 Å². The lowest BCUT2D eigenvalue weighted by molar-refractivity contribution is 0.285. The summed E-state index contributed by atoms with van der Waals surface area (Å²) in [6.45, 7) is 6.60. The second-order valence-corrected chi connectivity index (χ2v) is 6.98. The van der Waals surface area contributed by atoms with Crippen LogP contribution in [0.25, 0.3) is 0 Å². The van der Waals surface area contributed by atoms with Gasteiger partial charge in [-0.3, -0.25) is 0 Å². The smallest absolute Gasteiger partial charge is 0.128 e. The molecule has 0 unspecified atom stereocenters. The summed E-state index contributed by atoms with van der Waals surface area (Å²) >= 11 is 0. The van der Waals surface area contributed by atoms with Crippen molar-refractivity contribution < 1.29 is 4.39 Å². The van der Waals surface area contributed by atoms with E-state index in [1.807, 2.05) is 19.2 Å². The van der Waals surface area contributed by atoms with Crippen molar-refractivity contribution in [1.29, 1.82) is 0 Å². The number of benzene rings is 1. The molecule has 2 heterocycles. The van der Waals surface area contributed by atoms with Crippen molar-refractivity contribution in [3.05, 3.63) is 41.4 Å². The van der Waals surface area contributed by atoms with E-state index in [1.165, 1.54) is 18.5 Å². The van der Waals surface area contributed by atoms with Crippen LogP contribution >= 0.6 is 0 Å². The highest BCUT2D eigenvalue weighted by atomic mass is 19.1. The normalized spacial score (nSPS) is 21.2. The summed E-state index contributed by atoms with van der Waals surface area (Å²) in [7, 11) is 2.03. The fourth-order valence-corrected chi connectivity index (χ4v) is 3.58. The summed E-state index contributed by atoms with van der Waals surface area (Å²) in [5.74, 6) is 0.920. The molecule has 0 amide bonds. The second-order valence-electron chi connectivity index (χ2n) is 6.98. The van der Waals surface area contributed by atoms with E-state index in [0.29, 0.717) is 18.3 Å². The van der Waals surface area contributed by atoms with E-state index in [0.717, 1.165) is 37.5 Å². The number of piperidine rings is 1. The molecule has 136 valence electrons. The first-order valence-corrected chi connectivity index (χ1v) is 9.33. The Morgan fingerprint density at radius 3 is 2.92 bits per heavy atom. The molecule has 2 aliphatic heterocycles. The average molecular weight is 344 g/mol. The molecular formula is C20H29FN4. The Balaban J connectivity index is 1.81. The standard InChI is InChI=1S/C20H29FN4/c1-4-6-17-12-20(24-10-5-7-16(13-24)22-3)23-14-25(17)18-9-8-15(2)19(21)11-18/h8-9,11-12,16,22H,4-7,10,13-14H2,1-3H3/t16-/m1/s1. The molecule has 1 saturated heterocycles. The third kappa shape index (κ3) is 4.03. The van der Waals surface area contributed by atoms with Crippen molar-refractivity contribution in [1.82, 2.24) is 10.2 Å². The molecule has 25 heavy (non-hydrogen) atoms. The molecule has 0 spiro atoms. The Labute approximate surface area is 150 Å². The lowest BCUT2D eigenvalue weighted by Gasteiger charge is -2.37. The lowest BCUT2D eigenvalue weighted by atomic mass is 10.0. The van der Waals surface area contributed by atoms with Gasteiger partial charge in [0.05, 0.1) is 0 Å². The lowest BCUT2D eigenvalue weighted by Crippen LogP contribution is -2.47. The average Bonchev–Trinajstić information content (AvgIpc) is 2.64. The third-order valence-electron chi connectivity index (χ3n) is 5.14. The fraction of sp³-hybridized carbons (Fsp3) is 0.550. The van der Waals surface area contributed by atoms with Crippen molar-refractivity contribution >= 4 is 11.5 Å². The minimum atomic E-state index is -0.156. The van der Waals surface area contributed by atoms with E-state index in [4.69, 9.17) is 4.99 Å². The Kier molecular flexibility index (Phi) is 5.74. The third-order valence-corrected chi connectivity index (χ3v) is 5.14. The number of halogens is 1. The molecular weight excluding hydrogens is 315 g/mol. The Morgan fingerprint density at radius 1 is 1.36 bits per heavy atom. The monoisotopic (exact) mass is 344 g/mol. The van der Waals surface area contributed by atoms with Gasteiger partial charge in [0.15, 0.2) is 0 Å². The summed E-state index contributed by atoms with van der Waals surface area (Å²) in [6, 6.07) is 5.98. The molecule has 1 N–H and O–H groups in total. The fourth-order valence-electron chi connectivity index (χ4n) is 3.58. The number of aliphatic imine (C=N–C) groups is 1. The highest BCUT2D eigenvalue weighted by molar-refractivity contribution is 5.95. The van der Waals surface area contributed by atoms with Crippen LogP contribution in [0.1, 0.15) is 38.2 Å². The quantitative estimate of drug-likeness (QED) is 0.904. The molecule has 1 aromatic rings. The number of hydrogen-bond donors (Lipinski definition) is 1. The molecule has 1 aromatic carbocycles. The Morgan fingerprint density at radius 2 is 2.20 bits per heavy atom. The largest absolute Gasteiger partial charge is 0.355 e. The molecule has 1 fully saturated rings. The van der Waals surface area contributed by atoms with Gasteiger partial charge in [-0.25, -0.2) is 9.38 Å². The minimum absolute atomic E-state index is 0.156. The van der Waals surface area contributed by atoms with Crippen molar-refractivity contribution in [2.45, 2.75) is 45.6 Å². The molecule has 2 aliphatic rings. The molecule has 0 aliphatic carbocycles. The van der Waals surface area contributed by atoms with E-state index in [2.05, 4.69) is 28.1 Å². The zero-order valence-corrected chi connectivity index (χ0v) is 15.6. The maximum atomic E-state index is 14.0. The van der Waals surface area contributed by atoms with Gasteiger partial charge in [0.2, 0.25) is 0 Å². The first-order chi connectivity index (χ1) is 12.1. The predicted molar refractivity (Wildman–Crippen MR) is 103 cm³/mol. The molecule has 0 saturated carbocycles. The second kappa shape index (κ2) is 8.00. The number of allylic oxidation sites excluding steroid dienone is 1. The van der Waals surface area contributed by atoms with Gasteiger partial charge in [-0.15, -0.1) is 0 Å². The van der Waals surface area contributed by atoms with Crippen LogP contribution in [0.2, 0.25) is 0 Å². The topological polar surface area (TPSA) is 30.9 Å². The van der Waals surface area contributed by atoms with Crippen molar-refractivity contribution in [3.63, 3.8) is 0 Å². The van der Waals surface area contributed by atoms with E-state index < -0.39 is 0 Å². The van der Waals surface area contributed by atoms with E-state index in [-0.39, 0.29) is 5.82 Å². The number of amidine groups is 1. The maximum Gasteiger partial charge on any atom is 0.128 e. The van der Waals surface area contributed by atoms with Gasteiger partial charge in [0.25, 0.3) is 0 Å². The van der Waals surface area contributed by atoms with Crippen molar-refractivity contribution in [2.24, 2.45) is 4.99 Å². The summed E-state index contributed by atoms with van der Waals surface area (Å²) in [6.07, 6.45) is 6.64.